The van der Waals surface area contributed by atoms with E-state index in [9.17, 15) is 31.1 Å². The summed E-state index contributed by atoms with van der Waals surface area (Å²) in [6.45, 7) is 0. The van der Waals surface area contributed by atoms with Crippen LogP contribution in [0.4, 0.5) is 32.0 Å². The molecule has 0 atom stereocenters. The number of amides is 1. The van der Waals surface area contributed by atoms with Crippen molar-refractivity contribution >= 4 is 22.6 Å². The Morgan fingerprint density at radius 2 is 1.76 bits per heavy atom. The smallest absolute Gasteiger partial charge is 0.435 e. The predicted octanol–water partition coefficient (Wildman–Crippen LogP) is 5.62. The zero-order chi connectivity index (χ0) is 26.3. The summed E-state index contributed by atoms with van der Waals surface area (Å²) >= 11 is 0. The number of fused-ring (bicyclic) bond motifs is 1. The molecule has 0 radical (unpaired) electrons. The molecule has 0 unspecified atom stereocenters. The van der Waals surface area contributed by atoms with Crippen LogP contribution in [0.15, 0.2) is 60.9 Å². The van der Waals surface area contributed by atoms with Crippen LogP contribution in [0.5, 0.6) is 11.5 Å². The number of nitrogens with zero attached hydrogens (tertiary/aromatic N) is 4. The second kappa shape index (κ2) is 8.96. The number of rotatable bonds is 5. The Balaban J connectivity index is 1.41. The molecule has 0 spiro atoms. The van der Waals surface area contributed by atoms with Crippen molar-refractivity contribution in [2.24, 2.45) is 0 Å². The zero-order valence-electron chi connectivity index (χ0n) is 18.1. The number of halogens is 6. The molecular formula is C23H12F6N6O2. The number of benzene rings is 2. The van der Waals surface area contributed by atoms with E-state index in [1.165, 1.54) is 24.4 Å². The SMILES string of the molecule is O=C(Nc1ccc(Oc2ccnc3[nH]ccc23)c(F)c1)c1nnn(-c2ccc(F)c(F)c2)c1C(F)(F)F. The van der Waals surface area contributed by atoms with Gasteiger partial charge in [-0.25, -0.2) is 22.8 Å². The minimum Gasteiger partial charge on any atom is -0.453 e. The van der Waals surface area contributed by atoms with Gasteiger partial charge < -0.3 is 15.0 Å². The summed E-state index contributed by atoms with van der Waals surface area (Å²) in [6, 6.07) is 8.32. The van der Waals surface area contributed by atoms with E-state index in [0.29, 0.717) is 28.9 Å². The van der Waals surface area contributed by atoms with Crippen molar-refractivity contribution in [2.45, 2.75) is 6.18 Å². The monoisotopic (exact) mass is 518 g/mol. The number of pyridine rings is 1. The second-order valence-electron chi connectivity index (χ2n) is 7.55. The van der Waals surface area contributed by atoms with Gasteiger partial charge in [-0.1, -0.05) is 5.21 Å². The molecule has 2 N–H and O–H groups in total. The van der Waals surface area contributed by atoms with Gasteiger partial charge in [0.15, 0.2) is 34.6 Å². The third-order valence-corrected chi connectivity index (χ3v) is 5.13. The molecule has 5 rings (SSSR count). The van der Waals surface area contributed by atoms with E-state index in [1.54, 1.807) is 12.3 Å². The third-order valence-electron chi connectivity index (χ3n) is 5.13. The van der Waals surface area contributed by atoms with Crippen LogP contribution in [-0.2, 0) is 6.18 Å². The third kappa shape index (κ3) is 4.55. The van der Waals surface area contributed by atoms with Gasteiger partial charge in [-0.15, -0.1) is 5.10 Å². The molecule has 14 heteroatoms. The van der Waals surface area contributed by atoms with Crippen LogP contribution in [0.25, 0.3) is 16.7 Å². The van der Waals surface area contributed by atoms with Gasteiger partial charge in [0, 0.05) is 30.2 Å². The Kier molecular flexibility index (Phi) is 5.78. The molecule has 2 aromatic carbocycles. The van der Waals surface area contributed by atoms with Crippen LogP contribution in [-0.4, -0.2) is 30.9 Å². The van der Waals surface area contributed by atoms with Gasteiger partial charge in [0.05, 0.1) is 11.1 Å². The Morgan fingerprint density at radius 1 is 0.946 bits per heavy atom. The maximum atomic E-state index is 14.7. The van der Waals surface area contributed by atoms with Crippen LogP contribution < -0.4 is 10.1 Å². The van der Waals surface area contributed by atoms with E-state index in [0.717, 1.165) is 12.1 Å². The quantitative estimate of drug-likeness (QED) is 0.294. The molecule has 3 heterocycles. The van der Waals surface area contributed by atoms with E-state index in [2.05, 4.69) is 25.6 Å². The molecule has 0 saturated heterocycles. The minimum absolute atomic E-state index is 0.158. The van der Waals surface area contributed by atoms with Crippen molar-refractivity contribution in [3.8, 4) is 17.2 Å². The highest BCUT2D eigenvalue weighted by atomic mass is 19.4. The summed E-state index contributed by atoms with van der Waals surface area (Å²) in [5.74, 6) is -4.91. The van der Waals surface area contributed by atoms with Crippen molar-refractivity contribution in [1.29, 1.82) is 0 Å². The minimum atomic E-state index is -5.15. The average Bonchev–Trinajstić information content (AvgIpc) is 3.50. The summed E-state index contributed by atoms with van der Waals surface area (Å²) in [4.78, 5) is 19.6. The highest BCUT2D eigenvalue weighted by Gasteiger charge is 2.42. The van der Waals surface area contributed by atoms with Gasteiger partial charge in [0.2, 0.25) is 0 Å². The number of aromatic nitrogens is 5. The lowest BCUT2D eigenvalue weighted by molar-refractivity contribution is -0.143. The number of H-pyrrole nitrogens is 1. The zero-order valence-corrected chi connectivity index (χ0v) is 18.1. The van der Waals surface area contributed by atoms with Crippen molar-refractivity contribution in [3.63, 3.8) is 0 Å². The lowest BCUT2D eigenvalue weighted by Gasteiger charge is -2.12. The highest BCUT2D eigenvalue weighted by Crippen LogP contribution is 2.34. The standard InChI is InChI=1S/C23H12F6N6O2/c24-14-3-2-12(10-15(14)25)35-20(23(27,28)29)19(33-34-35)22(36)32-11-1-4-18(16(26)9-11)37-17-6-8-31-21-13(17)5-7-30-21/h1-10H,(H,30,31)(H,32,36). The molecular weight excluding hydrogens is 506 g/mol. The van der Waals surface area contributed by atoms with Crippen LogP contribution in [0, 0.1) is 17.5 Å². The van der Waals surface area contributed by atoms with Crippen molar-refractivity contribution in [1.82, 2.24) is 25.0 Å². The summed E-state index contributed by atoms with van der Waals surface area (Å²) in [7, 11) is 0. The Bertz CT molecular complexity index is 1640. The van der Waals surface area contributed by atoms with Crippen LogP contribution >= 0.6 is 0 Å². The number of ether oxygens (including phenoxy) is 1. The molecule has 0 fully saturated rings. The number of anilines is 1. The van der Waals surface area contributed by atoms with Gasteiger partial charge in [-0.05, 0) is 36.4 Å². The van der Waals surface area contributed by atoms with Crippen molar-refractivity contribution in [2.75, 3.05) is 5.32 Å². The average molecular weight is 518 g/mol. The summed E-state index contributed by atoms with van der Waals surface area (Å²) in [5, 5.41) is 9.24. The molecule has 0 aliphatic carbocycles. The Labute approximate surface area is 202 Å². The van der Waals surface area contributed by atoms with Gasteiger partial charge in [-0.3, -0.25) is 4.79 Å². The molecule has 1 amide bonds. The largest absolute Gasteiger partial charge is 0.453 e. The summed E-state index contributed by atoms with van der Waals surface area (Å²) in [6.07, 6.45) is -2.08. The lowest BCUT2D eigenvalue weighted by atomic mass is 10.2. The Morgan fingerprint density at radius 3 is 2.49 bits per heavy atom. The van der Waals surface area contributed by atoms with E-state index < -0.39 is 46.6 Å². The maximum absolute atomic E-state index is 14.7. The highest BCUT2D eigenvalue weighted by molar-refractivity contribution is 6.03. The van der Waals surface area contributed by atoms with Gasteiger partial charge in [0.1, 0.15) is 11.4 Å². The first-order valence-electron chi connectivity index (χ1n) is 10.3. The first-order chi connectivity index (χ1) is 17.6. The number of alkyl halides is 3. The predicted molar refractivity (Wildman–Crippen MR) is 117 cm³/mol. The molecule has 0 bridgehead atoms. The molecule has 0 aliphatic rings. The Hall–Kier alpha value is -4.88. The van der Waals surface area contributed by atoms with E-state index >= 15 is 0 Å². The number of carbonyl (C=O) groups excluding carboxylic acids is 1. The maximum Gasteiger partial charge on any atom is 0.435 e. The fourth-order valence-electron chi connectivity index (χ4n) is 3.48. The van der Waals surface area contributed by atoms with E-state index in [1.807, 2.05) is 0 Å². The number of hydrogen-bond donors (Lipinski definition) is 2. The first-order valence-corrected chi connectivity index (χ1v) is 10.3. The van der Waals surface area contributed by atoms with Crippen LogP contribution in [0.2, 0.25) is 0 Å². The topological polar surface area (TPSA) is 97.7 Å². The molecule has 37 heavy (non-hydrogen) atoms. The molecule has 188 valence electrons. The van der Waals surface area contributed by atoms with Gasteiger partial charge in [-0.2, -0.15) is 13.2 Å². The number of nitrogens with one attached hydrogen (secondary N) is 2. The van der Waals surface area contributed by atoms with Crippen molar-refractivity contribution in [3.05, 3.63) is 89.8 Å². The first kappa shape index (κ1) is 23.8. The number of carbonyl (C=O) groups is 1. The molecule has 3 aromatic heterocycles. The van der Waals surface area contributed by atoms with Gasteiger partial charge >= 0.3 is 6.18 Å². The lowest BCUT2D eigenvalue weighted by Crippen LogP contribution is -2.21. The van der Waals surface area contributed by atoms with Gasteiger partial charge in [0.25, 0.3) is 5.91 Å². The summed E-state index contributed by atoms with van der Waals surface area (Å²) < 4.78 is 88.6. The van der Waals surface area contributed by atoms with Crippen LogP contribution in [0.1, 0.15) is 16.2 Å². The fourth-order valence-corrected chi connectivity index (χ4v) is 3.48. The molecule has 0 aliphatic heterocycles. The van der Waals surface area contributed by atoms with E-state index in [4.69, 9.17) is 4.74 Å². The normalized spacial score (nSPS) is 11.6. The molecule has 8 nitrogen and oxygen atoms in total. The molecule has 0 saturated carbocycles. The van der Waals surface area contributed by atoms with E-state index in [-0.39, 0.29) is 16.1 Å². The second-order valence-corrected chi connectivity index (χ2v) is 7.55. The molecule has 5 aromatic rings. The number of hydrogen-bond acceptors (Lipinski definition) is 5. The van der Waals surface area contributed by atoms with Crippen LogP contribution in [0.3, 0.4) is 0 Å². The number of aromatic amines is 1. The fraction of sp³-hybridized carbons (Fsp3) is 0.0435. The summed E-state index contributed by atoms with van der Waals surface area (Å²) in [5.41, 5.74) is -3.00. The van der Waals surface area contributed by atoms with Crippen molar-refractivity contribution < 1.29 is 35.9 Å².